The molecule has 1 N–H and O–H groups in total. The minimum atomic E-state index is -0.471. The van der Waals surface area contributed by atoms with Crippen LogP contribution in [0.4, 0.5) is 10.4 Å². The van der Waals surface area contributed by atoms with Crippen molar-refractivity contribution in [3.63, 3.8) is 0 Å². The summed E-state index contributed by atoms with van der Waals surface area (Å²) in [6.07, 6.45) is 5.04. The smallest absolute Gasteiger partial charge is 0.315 e. The Kier molecular flexibility index (Phi) is 3.89. The van der Waals surface area contributed by atoms with Gasteiger partial charge in [-0.05, 0) is 37.0 Å². The Labute approximate surface area is 141 Å². The molecule has 4 rings (SSSR count). The minimum absolute atomic E-state index is 0.0386. The van der Waals surface area contributed by atoms with Crippen LogP contribution in [0.15, 0.2) is 28.8 Å². The maximum Gasteiger partial charge on any atom is 0.315 e. The first kappa shape index (κ1) is 15.1. The molecule has 0 aliphatic heterocycles. The molecule has 0 spiro atoms. The molecule has 124 valence electrons. The molecule has 0 radical (unpaired) electrons. The third-order valence-corrected chi connectivity index (χ3v) is 4.05. The van der Waals surface area contributed by atoms with Gasteiger partial charge in [0, 0.05) is 6.42 Å². The van der Waals surface area contributed by atoms with E-state index >= 15 is 0 Å². The molecule has 1 saturated carbocycles. The Morgan fingerprint density at radius 3 is 2.96 bits per heavy atom. The number of halogens is 2. The zero-order chi connectivity index (χ0) is 16.5. The van der Waals surface area contributed by atoms with Gasteiger partial charge in [0.1, 0.15) is 11.5 Å². The van der Waals surface area contributed by atoms with E-state index in [-0.39, 0.29) is 5.02 Å². The number of hydrogen-bond acceptors (Lipinski definition) is 6. The number of hydrogen-bond donors (Lipinski definition) is 1. The molecule has 1 fully saturated rings. The lowest BCUT2D eigenvalue weighted by Gasteiger charge is -2.01. The highest BCUT2D eigenvalue weighted by atomic mass is 35.5. The van der Waals surface area contributed by atoms with E-state index in [1.54, 1.807) is 12.3 Å². The van der Waals surface area contributed by atoms with E-state index in [0.717, 1.165) is 6.42 Å². The normalized spacial score (nSPS) is 14.1. The van der Waals surface area contributed by atoms with Crippen molar-refractivity contribution in [3.05, 3.63) is 46.8 Å². The van der Waals surface area contributed by atoms with Gasteiger partial charge in [0.05, 0.1) is 23.5 Å². The molecular weight excluding hydrogens is 335 g/mol. The van der Waals surface area contributed by atoms with Gasteiger partial charge in [-0.2, -0.15) is 0 Å². The predicted molar refractivity (Wildman–Crippen MR) is 84.4 cm³/mol. The van der Waals surface area contributed by atoms with Crippen molar-refractivity contribution >= 4 is 17.6 Å². The van der Waals surface area contributed by atoms with Gasteiger partial charge in [-0.15, -0.1) is 10.2 Å². The fourth-order valence-electron chi connectivity index (χ4n) is 2.28. The molecule has 1 aliphatic carbocycles. The zero-order valence-corrected chi connectivity index (χ0v) is 13.4. The monoisotopic (exact) mass is 348 g/mol. The molecule has 2 heterocycles. The summed E-state index contributed by atoms with van der Waals surface area (Å²) < 4.78 is 20.3. The summed E-state index contributed by atoms with van der Waals surface area (Å²) in [5, 5.41) is 19.1. The Bertz CT molecular complexity index is 859. The summed E-state index contributed by atoms with van der Waals surface area (Å²) in [4.78, 5) is 0. The van der Waals surface area contributed by atoms with Crippen molar-refractivity contribution in [1.29, 1.82) is 0 Å². The highest BCUT2D eigenvalue weighted by molar-refractivity contribution is 6.30. The number of aromatic nitrogens is 5. The van der Waals surface area contributed by atoms with Crippen LogP contribution in [0.1, 0.15) is 24.4 Å². The molecule has 0 bridgehead atoms. The van der Waals surface area contributed by atoms with E-state index in [9.17, 15) is 4.39 Å². The average molecular weight is 349 g/mol. The third-order valence-electron chi connectivity index (χ3n) is 3.76. The van der Waals surface area contributed by atoms with E-state index in [2.05, 4.69) is 25.8 Å². The Morgan fingerprint density at radius 1 is 1.29 bits per heavy atom. The topological polar surface area (TPSA) is 81.7 Å². The van der Waals surface area contributed by atoms with Gasteiger partial charge in [-0.1, -0.05) is 21.9 Å². The van der Waals surface area contributed by atoms with Crippen LogP contribution in [-0.2, 0) is 13.0 Å². The second kappa shape index (κ2) is 6.20. The minimum Gasteiger partial charge on any atom is -0.408 e. The van der Waals surface area contributed by atoms with Gasteiger partial charge < -0.3 is 9.73 Å². The fraction of sp³-hybridized carbons (Fsp3) is 0.333. The van der Waals surface area contributed by atoms with E-state index in [1.807, 2.05) is 0 Å². The van der Waals surface area contributed by atoms with E-state index in [0.29, 0.717) is 35.7 Å². The van der Waals surface area contributed by atoms with Gasteiger partial charge in [0.2, 0.25) is 5.89 Å². The number of benzene rings is 1. The highest BCUT2D eigenvalue weighted by Gasteiger charge is 2.24. The third kappa shape index (κ3) is 3.38. The van der Waals surface area contributed by atoms with Crippen LogP contribution in [0.3, 0.4) is 0 Å². The number of anilines is 1. The van der Waals surface area contributed by atoms with Crippen LogP contribution >= 0.6 is 11.6 Å². The first-order chi connectivity index (χ1) is 11.7. The maximum absolute atomic E-state index is 13.2. The largest absolute Gasteiger partial charge is 0.408 e. The van der Waals surface area contributed by atoms with Crippen LogP contribution in [0.25, 0.3) is 5.69 Å². The van der Waals surface area contributed by atoms with Gasteiger partial charge in [-0.25, -0.2) is 9.07 Å². The van der Waals surface area contributed by atoms with Crippen LogP contribution in [0.5, 0.6) is 0 Å². The molecule has 0 saturated heterocycles. The second-order valence-electron chi connectivity index (χ2n) is 5.75. The first-order valence-electron chi connectivity index (χ1n) is 7.60. The van der Waals surface area contributed by atoms with Crippen molar-refractivity contribution in [2.24, 2.45) is 5.92 Å². The Morgan fingerprint density at radius 2 is 2.17 bits per heavy atom. The highest BCUT2D eigenvalue weighted by Crippen LogP contribution is 2.32. The molecule has 0 atom stereocenters. The second-order valence-corrected chi connectivity index (χ2v) is 6.16. The summed E-state index contributed by atoms with van der Waals surface area (Å²) in [5.41, 5.74) is 1.31. The molecular formula is C15H14ClFN6O. The molecule has 1 aromatic carbocycles. The average Bonchev–Trinajstić information content (AvgIpc) is 3.08. The molecule has 3 aromatic rings. The lowest BCUT2D eigenvalue weighted by atomic mass is 10.3. The van der Waals surface area contributed by atoms with Gasteiger partial charge in [-0.3, -0.25) is 0 Å². The lowest BCUT2D eigenvalue weighted by molar-refractivity contribution is 0.491. The first-order valence-corrected chi connectivity index (χ1v) is 7.98. The van der Waals surface area contributed by atoms with Crippen molar-refractivity contribution < 1.29 is 8.81 Å². The fourth-order valence-corrected chi connectivity index (χ4v) is 2.45. The molecule has 7 nitrogen and oxygen atoms in total. The van der Waals surface area contributed by atoms with Crippen molar-refractivity contribution in [2.75, 3.05) is 5.32 Å². The van der Waals surface area contributed by atoms with E-state index < -0.39 is 5.82 Å². The SMILES string of the molecule is Fc1ccc(-n2cc(CNc3nnc(CC4CC4)o3)nn2)cc1Cl. The molecule has 0 amide bonds. The Hall–Kier alpha value is -2.48. The van der Waals surface area contributed by atoms with Crippen LogP contribution in [-0.4, -0.2) is 25.2 Å². The summed E-state index contributed by atoms with van der Waals surface area (Å²) in [5.74, 6) is 0.881. The summed E-state index contributed by atoms with van der Waals surface area (Å²) in [7, 11) is 0. The maximum atomic E-state index is 13.2. The molecule has 0 unspecified atom stereocenters. The van der Waals surface area contributed by atoms with Crippen LogP contribution in [0, 0.1) is 11.7 Å². The number of rotatable bonds is 6. The molecule has 1 aliphatic rings. The predicted octanol–water partition coefficient (Wildman–Crippen LogP) is 3.01. The molecule has 2 aromatic heterocycles. The van der Waals surface area contributed by atoms with Crippen molar-refractivity contribution in [3.8, 4) is 5.69 Å². The van der Waals surface area contributed by atoms with Gasteiger partial charge >= 0.3 is 6.01 Å². The standard InChI is InChI=1S/C15H14ClFN6O/c16-12-6-11(3-4-13(12)17)23-8-10(19-22-23)7-18-15-21-20-14(24-15)5-9-1-2-9/h3-4,6,8-9H,1-2,5,7H2,(H,18,21). The van der Waals surface area contributed by atoms with Crippen molar-refractivity contribution in [1.82, 2.24) is 25.2 Å². The Balaban J connectivity index is 1.39. The van der Waals surface area contributed by atoms with Gasteiger partial charge in [0.25, 0.3) is 0 Å². The summed E-state index contributed by atoms with van der Waals surface area (Å²) >= 11 is 5.78. The van der Waals surface area contributed by atoms with Crippen molar-refractivity contribution in [2.45, 2.75) is 25.8 Å². The van der Waals surface area contributed by atoms with Crippen LogP contribution in [0.2, 0.25) is 5.02 Å². The van der Waals surface area contributed by atoms with E-state index in [1.165, 1.54) is 29.7 Å². The van der Waals surface area contributed by atoms with Gasteiger partial charge in [0.15, 0.2) is 0 Å². The zero-order valence-electron chi connectivity index (χ0n) is 12.6. The van der Waals surface area contributed by atoms with E-state index in [4.69, 9.17) is 16.0 Å². The van der Waals surface area contributed by atoms with Crippen LogP contribution < -0.4 is 5.32 Å². The number of nitrogens with zero attached hydrogens (tertiary/aromatic N) is 5. The lowest BCUT2D eigenvalue weighted by Crippen LogP contribution is -2.00. The summed E-state index contributed by atoms with van der Waals surface area (Å²) in [6, 6.07) is 4.72. The molecule has 24 heavy (non-hydrogen) atoms. The summed E-state index contributed by atoms with van der Waals surface area (Å²) in [6.45, 7) is 0.389. The quantitative estimate of drug-likeness (QED) is 0.737. The molecule has 9 heteroatoms. The number of nitrogens with one attached hydrogen (secondary N) is 1.